The van der Waals surface area contributed by atoms with Crippen LogP contribution in [0.15, 0.2) is 54.7 Å². The largest absolute Gasteiger partial charge is 0.480 e. The number of nitrogens with zero attached hydrogens (tertiary/aromatic N) is 1. The fraction of sp³-hybridized carbons (Fsp3) is 0.217. The Kier molecular flexibility index (Phi) is 4.40. The standard InChI is InChI=1S/C23H21NO3/c1-4-26-23(25)20-15(3)24-13-18-21(20)17-7-5-6-8-19(17)27-22(18)16-11-9-14(2)10-12-16/h5-13,22H,4H2,1-3H3. The highest BCUT2D eigenvalue weighted by Crippen LogP contribution is 2.46. The summed E-state index contributed by atoms with van der Waals surface area (Å²) in [5.41, 5.74) is 6.01. The molecule has 1 atom stereocenters. The maximum Gasteiger partial charge on any atom is 0.340 e. The maximum absolute atomic E-state index is 12.7. The molecule has 1 aromatic heterocycles. The van der Waals surface area contributed by atoms with Crippen LogP contribution in [0.3, 0.4) is 0 Å². The fourth-order valence-electron chi connectivity index (χ4n) is 3.52. The van der Waals surface area contributed by atoms with E-state index in [9.17, 15) is 4.79 Å². The number of carbonyl (C=O) groups is 1. The molecular weight excluding hydrogens is 338 g/mol. The number of para-hydroxylation sites is 1. The van der Waals surface area contributed by atoms with E-state index in [1.807, 2.05) is 44.3 Å². The van der Waals surface area contributed by atoms with E-state index in [1.54, 1.807) is 0 Å². The molecule has 1 aliphatic rings. The van der Waals surface area contributed by atoms with Crippen molar-refractivity contribution in [2.75, 3.05) is 6.61 Å². The van der Waals surface area contributed by atoms with E-state index >= 15 is 0 Å². The lowest BCUT2D eigenvalue weighted by Crippen LogP contribution is -2.20. The van der Waals surface area contributed by atoms with Gasteiger partial charge in [0.2, 0.25) is 0 Å². The van der Waals surface area contributed by atoms with Gasteiger partial charge < -0.3 is 9.47 Å². The third-order valence-electron chi connectivity index (χ3n) is 4.84. The Balaban J connectivity index is 1.97. The van der Waals surface area contributed by atoms with Gasteiger partial charge in [-0.1, -0.05) is 48.0 Å². The molecule has 4 heteroatoms. The Morgan fingerprint density at radius 2 is 1.85 bits per heavy atom. The van der Waals surface area contributed by atoms with Gasteiger partial charge in [-0.25, -0.2) is 4.79 Å². The number of hydrogen-bond acceptors (Lipinski definition) is 4. The molecule has 1 aliphatic heterocycles. The molecule has 3 aromatic rings. The van der Waals surface area contributed by atoms with Crippen molar-refractivity contribution in [3.63, 3.8) is 0 Å². The van der Waals surface area contributed by atoms with Gasteiger partial charge in [0, 0.05) is 22.9 Å². The summed E-state index contributed by atoms with van der Waals surface area (Å²) in [4.78, 5) is 17.2. The van der Waals surface area contributed by atoms with Crippen molar-refractivity contribution in [3.05, 3.63) is 82.7 Å². The molecular formula is C23H21NO3. The summed E-state index contributed by atoms with van der Waals surface area (Å²) in [6, 6.07) is 16.0. The summed E-state index contributed by atoms with van der Waals surface area (Å²) in [6.45, 7) is 6.02. The molecule has 0 radical (unpaired) electrons. The van der Waals surface area contributed by atoms with Crippen molar-refractivity contribution in [3.8, 4) is 16.9 Å². The molecule has 136 valence electrons. The topological polar surface area (TPSA) is 48.4 Å². The van der Waals surface area contributed by atoms with Crippen molar-refractivity contribution < 1.29 is 14.3 Å². The second kappa shape index (κ2) is 6.88. The van der Waals surface area contributed by atoms with Crippen LogP contribution in [0.2, 0.25) is 0 Å². The number of carbonyl (C=O) groups excluding carboxylic acids is 1. The highest BCUT2D eigenvalue weighted by molar-refractivity contribution is 6.00. The molecule has 0 saturated carbocycles. The highest BCUT2D eigenvalue weighted by atomic mass is 16.5. The SMILES string of the molecule is CCOC(=O)c1c(C)ncc2c1-c1ccccc1OC2c1ccc(C)cc1. The first-order valence-electron chi connectivity index (χ1n) is 9.09. The van der Waals surface area contributed by atoms with Crippen LogP contribution in [0.25, 0.3) is 11.1 Å². The van der Waals surface area contributed by atoms with Crippen LogP contribution >= 0.6 is 0 Å². The number of hydrogen-bond donors (Lipinski definition) is 0. The number of ether oxygens (including phenoxy) is 2. The molecule has 0 fully saturated rings. The lowest BCUT2D eigenvalue weighted by Gasteiger charge is -2.30. The van der Waals surface area contributed by atoms with Crippen molar-refractivity contribution >= 4 is 5.97 Å². The first kappa shape index (κ1) is 17.3. The van der Waals surface area contributed by atoms with Crippen LogP contribution in [-0.2, 0) is 4.74 Å². The summed E-state index contributed by atoms with van der Waals surface area (Å²) in [6.07, 6.45) is 1.49. The van der Waals surface area contributed by atoms with E-state index in [0.717, 1.165) is 28.0 Å². The first-order valence-corrected chi connectivity index (χ1v) is 9.09. The number of benzene rings is 2. The molecule has 0 N–H and O–H groups in total. The van der Waals surface area contributed by atoms with Crippen molar-refractivity contribution in [1.82, 2.24) is 4.98 Å². The number of esters is 1. The van der Waals surface area contributed by atoms with E-state index in [2.05, 4.69) is 36.2 Å². The van der Waals surface area contributed by atoms with Gasteiger partial charge in [0.05, 0.1) is 17.9 Å². The van der Waals surface area contributed by atoms with Crippen molar-refractivity contribution in [1.29, 1.82) is 0 Å². The Morgan fingerprint density at radius 3 is 2.59 bits per heavy atom. The summed E-state index contributed by atoms with van der Waals surface area (Å²) >= 11 is 0. The minimum atomic E-state index is -0.348. The molecule has 0 bridgehead atoms. The average Bonchev–Trinajstić information content (AvgIpc) is 2.68. The molecule has 27 heavy (non-hydrogen) atoms. The normalized spacial score (nSPS) is 14.7. The van der Waals surface area contributed by atoms with Crippen LogP contribution in [0.5, 0.6) is 5.75 Å². The number of aryl methyl sites for hydroxylation is 2. The molecule has 4 rings (SSSR count). The van der Waals surface area contributed by atoms with Gasteiger partial charge in [0.1, 0.15) is 5.75 Å². The van der Waals surface area contributed by atoms with Gasteiger partial charge >= 0.3 is 5.97 Å². The van der Waals surface area contributed by atoms with Crippen LogP contribution < -0.4 is 4.74 Å². The predicted molar refractivity (Wildman–Crippen MR) is 104 cm³/mol. The smallest absolute Gasteiger partial charge is 0.340 e. The third kappa shape index (κ3) is 2.97. The van der Waals surface area contributed by atoms with E-state index in [0.29, 0.717) is 17.9 Å². The van der Waals surface area contributed by atoms with Gasteiger partial charge in [-0.05, 0) is 32.4 Å². The van der Waals surface area contributed by atoms with Crippen LogP contribution in [0.1, 0.15) is 45.8 Å². The average molecular weight is 359 g/mol. The Bertz CT molecular complexity index is 1010. The van der Waals surface area contributed by atoms with Crippen LogP contribution in [0, 0.1) is 13.8 Å². The zero-order chi connectivity index (χ0) is 19.0. The first-order chi connectivity index (χ1) is 13.1. The summed E-state index contributed by atoms with van der Waals surface area (Å²) in [5.74, 6) is 0.408. The summed E-state index contributed by atoms with van der Waals surface area (Å²) in [5, 5.41) is 0. The highest BCUT2D eigenvalue weighted by Gasteiger charge is 2.32. The van der Waals surface area contributed by atoms with E-state index in [1.165, 1.54) is 5.56 Å². The van der Waals surface area contributed by atoms with E-state index < -0.39 is 0 Å². The second-order valence-electron chi connectivity index (χ2n) is 6.67. The molecule has 0 amide bonds. The van der Waals surface area contributed by atoms with Crippen LogP contribution in [-0.4, -0.2) is 17.6 Å². The summed E-state index contributed by atoms with van der Waals surface area (Å²) < 4.78 is 11.7. The monoisotopic (exact) mass is 359 g/mol. The van der Waals surface area contributed by atoms with Gasteiger partial charge in [-0.15, -0.1) is 0 Å². The quantitative estimate of drug-likeness (QED) is 0.616. The van der Waals surface area contributed by atoms with Gasteiger partial charge in [0.25, 0.3) is 0 Å². The lowest BCUT2D eigenvalue weighted by molar-refractivity contribution is 0.0525. The molecule has 1 unspecified atom stereocenters. The third-order valence-corrected chi connectivity index (χ3v) is 4.84. The minimum Gasteiger partial charge on any atom is -0.480 e. The Labute approximate surface area is 158 Å². The molecule has 0 saturated heterocycles. The van der Waals surface area contributed by atoms with Gasteiger partial charge in [-0.3, -0.25) is 4.98 Å². The Morgan fingerprint density at radius 1 is 1.11 bits per heavy atom. The van der Waals surface area contributed by atoms with E-state index in [4.69, 9.17) is 9.47 Å². The fourth-order valence-corrected chi connectivity index (χ4v) is 3.52. The zero-order valence-corrected chi connectivity index (χ0v) is 15.7. The number of aromatic nitrogens is 1. The van der Waals surface area contributed by atoms with Crippen LogP contribution in [0.4, 0.5) is 0 Å². The molecule has 0 spiro atoms. The second-order valence-corrected chi connectivity index (χ2v) is 6.67. The van der Waals surface area contributed by atoms with Crippen molar-refractivity contribution in [2.45, 2.75) is 26.9 Å². The van der Waals surface area contributed by atoms with Gasteiger partial charge in [0.15, 0.2) is 6.10 Å². The maximum atomic E-state index is 12.7. The summed E-state index contributed by atoms with van der Waals surface area (Å²) in [7, 11) is 0. The van der Waals surface area contributed by atoms with Gasteiger partial charge in [-0.2, -0.15) is 0 Å². The minimum absolute atomic E-state index is 0.321. The number of rotatable bonds is 3. The number of fused-ring (bicyclic) bond motifs is 3. The predicted octanol–water partition coefficient (Wildman–Crippen LogP) is 5.02. The lowest BCUT2D eigenvalue weighted by atomic mass is 9.87. The molecule has 2 aromatic carbocycles. The Hall–Kier alpha value is -3.14. The molecule has 4 nitrogen and oxygen atoms in total. The molecule has 2 heterocycles. The molecule has 0 aliphatic carbocycles. The zero-order valence-electron chi connectivity index (χ0n) is 15.7. The number of pyridine rings is 1. The van der Waals surface area contributed by atoms with Crippen molar-refractivity contribution in [2.24, 2.45) is 0 Å². The van der Waals surface area contributed by atoms with E-state index in [-0.39, 0.29) is 12.1 Å².